The van der Waals surface area contributed by atoms with E-state index in [4.69, 9.17) is 16.6 Å². The van der Waals surface area contributed by atoms with Crippen molar-refractivity contribution in [2.75, 3.05) is 17.3 Å². The minimum Gasteiger partial charge on any atom is -0.346 e. The lowest BCUT2D eigenvalue weighted by Crippen LogP contribution is -2.46. The molecule has 4 rings (SSSR count). The average molecular weight is 426 g/mol. The third-order valence-electron chi connectivity index (χ3n) is 5.31. The number of pyridine rings is 1. The molecule has 1 amide bonds. The number of carbonyl (C=O) groups excluding carboxylic acids is 1. The summed E-state index contributed by atoms with van der Waals surface area (Å²) in [5, 5.41) is 7.88. The van der Waals surface area contributed by atoms with Crippen molar-refractivity contribution in [1.29, 1.82) is 0 Å². The van der Waals surface area contributed by atoms with Crippen LogP contribution in [0.25, 0.3) is 0 Å². The van der Waals surface area contributed by atoms with Crippen LogP contribution in [0.4, 0.5) is 11.5 Å². The molecule has 0 saturated carbocycles. The summed E-state index contributed by atoms with van der Waals surface area (Å²) in [6.07, 6.45) is 7.85. The first-order valence-electron chi connectivity index (χ1n) is 9.97. The number of fused-ring (bicyclic) bond motifs is 1. The second-order valence-electron chi connectivity index (χ2n) is 7.48. The molecule has 0 fully saturated rings. The first-order chi connectivity index (χ1) is 14.4. The van der Waals surface area contributed by atoms with E-state index in [0.29, 0.717) is 23.8 Å². The molecule has 8 nitrogen and oxygen atoms in total. The number of nitrogens with one attached hydrogen (secondary N) is 1. The highest BCUT2D eigenvalue weighted by Gasteiger charge is 2.31. The van der Waals surface area contributed by atoms with Crippen LogP contribution in [0.2, 0.25) is 5.15 Å². The molecule has 0 bridgehead atoms. The Morgan fingerprint density at radius 3 is 2.73 bits per heavy atom. The summed E-state index contributed by atoms with van der Waals surface area (Å²) >= 11 is 5.84. The van der Waals surface area contributed by atoms with Gasteiger partial charge in [-0.2, -0.15) is 5.10 Å². The molecule has 0 aromatic carbocycles. The van der Waals surface area contributed by atoms with Gasteiger partial charge in [-0.1, -0.05) is 24.6 Å². The van der Waals surface area contributed by atoms with Crippen molar-refractivity contribution >= 4 is 29.0 Å². The molecule has 4 heterocycles. The Morgan fingerprint density at radius 1 is 1.17 bits per heavy atom. The van der Waals surface area contributed by atoms with Crippen molar-refractivity contribution < 1.29 is 4.79 Å². The highest BCUT2D eigenvalue weighted by molar-refractivity contribution is 6.29. The normalized spacial score (nSPS) is 15.8. The molecule has 156 valence electrons. The number of amides is 1. The van der Waals surface area contributed by atoms with E-state index in [1.165, 1.54) is 0 Å². The monoisotopic (exact) mass is 425 g/mol. The lowest BCUT2D eigenvalue weighted by atomic mass is 10.1. The van der Waals surface area contributed by atoms with Crippen LogP contribution in [0.5, 0.6) is 0 Å². The van der Waals surface area contributed by atoms with Crippen molar-refractivity contribution in [3.8, 4) is 0 Å². The van der Waals surface area contributed by atoms with Crippen molar-refractivity contribution in [3.63, 3.8) is 0 Å². The first-order valence-corrected chi connectivity index (χ1v) is 10.4. The van der Waals surface area contributed by atoms with Crippen LogP contribution in [0.15, 0.2) is 30.7 Å². The van der Waals surface area contributed by atoms with Gasteiger partial charge in [-0.05, 0) is 37.0 Å². The number of aryl methyl sites for hydroxylation is 3. The van der Waals surface area contributed by atoms with Crippen molar-refractivity contribution in [3.05, 3.63) is 58.5 Å². The summed E-state index contributed by atoms with van der Waals surface area (Å²) in [5.41, 5.74) is 3.65. The summed E-state index contributed by atoms with van der Waals surface area (Å²) in [6, 6.07) is 3.51. The lowest BCUT2D eigenvalue weighted by molar-refractivity contribution is -0.117. The SMILES string of the molecule is CC[C@H]1C(=O)Nc2c(C)nc(CCc3cnn(Cc4ccc(Cl)nc4)c3)nc2N1C. The minimum absolute atomic E-state index is 0.00440. The molecule has 30 heavy (non-hydrogen) atoms. The number of likely N-dealkylation sites (N-methyl/N-ethyl adjacent to an activating group) is 1. The molecule has 1 aliphatic rings. The van der Waals surface area contributed by atoms with E-state index < -0.39 is 0 Å². The highest BCUT2D eigenvalue weighted by atomic mass is 35.5. The quantitative estimate of drug-likeness (QED) is 0.610. The number of carbonyl (C=O) groups is 1. The maximum Gasteiger partial charge on any atom is 0.247 e. The zero-order valence-electron chi connectivity index (χ0n) is 17.3. The van der Waals surface area contributed by atoms with Crippen LogP contribution in [0.1, 0.15) is 36.0 Å². The Bertz CT molecular complexity index is 1060. The fourth-order valence-corrected chi connectivity index (χ4v) is 3.79. The van der Waals surface area contributed by atoms with Crippen LogP contribution in [0, 0.1) is 6.92 Å². The van der Waals surface area contributed by atoms with E-state index in [9.17, 15) is 4.79 Å². The Balaban J connectivity index is 1.45. The van der Waals surface area contributed by atoms with Gasteiger partial charge < -0.3 is 10.2 Å². The summed E-state index contributed by atoms with van der Waals surface area (Å²) < 4.78 is 1.88. The molecule has 3 aromatic heterocycles. The smallest absolute Gasteiger partial charge is 0.247 e. The Labute approximate surface area is 180 Å². The molecule has 1 N–H and O–H groups in total. The van der Waals surface area contributed by atoms with E-state index in [0.717, 1.165) is 41.3 Å². The molecule has 0 spiro atoms. The third-order valence-corrected chi connectivity index (χ3v) is 5.54. The maximum atomic E-state index is 12.3. The van der Waals surface area contributed by atoms with Crippen LogP contribution in [-0.2, 0) is 24.2 Å². The summed E-state index contributed by atoms with van der Waals surface area (Å²) in [4.78, 5) is 27.7. The Kier molecular flexibility index (Phi) is 5.67. The predicted octanol–water partition coefficient (Wildman–Crippen LogP) is 3.03. The summed E-state index contributed by atoms with van der Waals surface area (Å²) in [6.45, 7) is 4.54. The van der Waals surface area contributed by atoms with Gasteiger partial charge in [-0.3, -0.25) is 9.48 Å². The fourth-order valence-electron chi connectivity index (χ4n) is 3.68. The Hall–Kier alpha value is -3.00. The molecule has 0 saturated heterocycles. The van der Waals surface area contributed by atoms with Gasteiger partial charge in [0.1, 0.15) is 22.7 Å². The van der Waals surface area contributed by atoms with Crippen LogP contribution in [0.3, 0.4) is 0 Å². The zero-order valence-corrected chi connectivity index (χ0v) is 18.0. The van der Waals surface area contributed by atoms with Gasteiger partial charge in [0.2, 0.25) is 5.91 Å². The molecule has 3 aromatic rings. The van der Waals surface area contributed by atoms with Crippen molar-refractivity contribution in [1.82, 2.24) is 24.7 Å². The van der Waals surface area contributed by atoms with E-state index in [-0.39, 0.29) is 11.9 Å². The van der Waals surface area contributed by atoms with Gasteiger partial charge >= 0.3 is 0 Å². The molecule has 1 aliphatic heterocycles. The number of nitrogens with zero attached hydrogens (tertiary/aromatic N) is 6. The zero-order chi connectivity index (χ0) is 21.3. The number of rotatable bonds is 6. The van der Waals surface area contributed by atoms with Crippen molar-refractivity contribution in [2.45, 2.75) is 45.7 Å². The van der Waals surface area contributed by atoms with Gasteiger partial charge in [-0.15, -0.1) is 0 Å². The standard InChI is InChI=1S/C21H24ClN7O/c1-4-16-21(30)27-19-13(2)25-18(26-20(19)28(16)3)8-6-15-10-24-29(12-15)11-14-5-7-17(22)23-9-14/h5,7,9-10,12,16H,4,6,8,11H2,1-3H3,(H,27,30)/t16-/m0/s1. The number of hydrogen-bond acceptors (Lipinski definition) is 6. The van der Waals surface area contributed by atoms with Gasteiger partial charge in [0.05, 0.1) is 18.4 Å². The molecule has 0 radical (unpaired) electrons. The molecule has 0 unspecified atom stereocenters. The lowest BCUT2D eigenvalue weighted by Gasteiger charge is -2.34. The topological polar surface area (TPSA) is 88.8 Å². The fraction of sp³-hybridized carbons (Fsp3) is 0.381. The minimum atomic E-state index is -0.208. The first kappa shape index (κ1) is 20.3. The van der Waals surface area contributed by atoms with Crippen LogP contribution >= 0.6 is 11.6 Å². The van der Waals surface area contributed by atoms with E-state index in [1.807, 2.05) is 48.9 Å². The van der Waals surface area contributed by atoms with Crippen LogP contribution < -0.4 is 10.2 Å². The molecular formula is C21H24ClN7O. The Morgan fingerprint density at radius 2 is 2.00 bits per heavy atom. The second kappa shape index (κ2) is 8.39. The highest BCUT2D eigenvalue weighted by Crippen LogP contribution is 2.32. The summed E-state index contributed by atoms with van der Waals surface area (Å²) in [7, 11) is 1.91. The predicted molar refractivity (Wildman–Crippen MR) is 116 cm³/mol. The van der Waals surface area contributed by atoms with E-state index >= 15 is 0 Å². The van der Waals surface area contributed by atoms with Crippen LogP contribution in [-0.4, -0.2) is 43.7 Å². The summed E-state index contributed by atoms with van der Waals surface area (Å²) in [5.74, 6) is 1.55. The number of halogens is 1. The number of aromatic nitrogens is 5. The van der Waals surface area contributed by atoms with Gasteiger partial charge in [0, 0.05) is 25.9 Å². The third kappa shape index (κ3) is 4.14. The molecule has 1 atom stereocenters. The van der Waals surface area contributed by atoms with Crippen molar-refractivity contribution in [2.24, 2.45) is 0 Å². The van der Waals surface area contributed by atoms with Gasteiger partial charge in [-0.25, -0.2) is 15.0 Å². The molecule has 9 heteroatoms. The molecule has 0 aliphatic carbocycles. The second-order valence-corrected chi connectivity index (χ2v) is 7.87. The van der Waals surface area contributed by atoms with E-state index in [1.54, 1.807) is 12.3 Å². The van der Waals surface area contributed by atoms with Gasteiger partial charge in [0.25, 0.3) is 0 Å². The average Bonchev–Trinajstić information content (AvgIpc) is 3.17. The van der Waals surface area contributed by atoms with Gasteiger partial charge in [0.15, 0.2) is 5.82 Å². The maximum absolute atomic E-state index is 12.3. The molecular weight excluding hydrogens is 402 g/mol. The largest absolute Gasteiger partial charge is 0.346 e. The van der Waals surface area contributed by atoms with E-state index in [2.05, 4.69) is 20.4 Å². The number of hydrogen-bond donors (Lipinski definition) is 1. The number of anilines is 2.